The minimum atomic E-state index is -0.0510. The van der Waals surface area contributed by atoms with Crippen molar-refractivity contribution in [3.05, 3.63) is 35.8 Å². The van der Waals surface area contributed by atoms with Gasteiger partial charge in [0, 0.05) is 12.2 Å². The van der Waals surface area contributed by atoms with Gasteiger partial charge < -0.3 is 14.7 Å². The highest BCUT2D eigenvalue weighted by molar-refractivity contribution is 7.99. The van der Waals surface area contributed by atoms with Crippen LogP contribution in [0.5, 0.6) is 0 Å². The first-order valence-electron chi connectivity index (χ1n) is 6.51. The number of carbonyl (C=O) groups is 1. The summed E-state index contributed by atoms with van der Waals surface area (Å²) in [6.07, 6.45) is 3.48. The van der Waals surface area contributed by atoms with Gasteiger partial charge in [-0.25, -0.2) is 9.97 Å². The minimum absolute atomic E-state index is 0.0510. The first-order chi connectivity index (χ1) is 10.7. The molecule has 0 unspecified atom stereocenters. The van der Waals surface area contributed by atoms with Gasteiger partial charge in [0.15, 0.2) is 5.65 Å². The lowest BCUT2D eigenvalue weighted by molar-refractivity contribution is -0.120. The Morgan fingerprint density at radius 1 is 1.45 bits per heavy atom. The van der Waals surface area contributed by atoms with Crippen LogP contribution in [0.1, 0.15) is 12.2 Å². The van der Waals surface area contributed by atoms with E-state index >= 15 is 0 Å². The molecule has 0 spiro atoms. The van der Waals surface area contributed by atoms with Crippen LogP contribution in [0.3, 0.4) is 0 Å². The maximum absolute atomic E-state index is 11.8. The normalized spacial score (nSPS) is 11.0. The maximum atomic E-state index is 11.8. The summed E-state index contributed by atoms with van der Waals surface area (Å²) in [5, 5.41) is 3.62. The molecule has 0 saturated carbocycles. The topological polar surface area (TPSA) is 96.7 Å². The Balaban J connectivity index is 1.51. The molecule has 3 heterocycles. The summed E-state index contributed by atoms with van der Waals surface area (Å²) >= 11 is 7.28. The SMILES string of the molecule is O=C(CCSc1nc(Cl)nc2nc[nH]c12)NCc1ccco1. The number of nitrogens with one attached hydrogen (secondary N) is 2. The average molecular weight is 338 g/mol. The molecular formula is C13H12ClN5O2S. The number of aromatic amines is 1. The van der Waals surface area contributed by atoms with Gasteiger partial charge >= 0.3 is 0 Å². The lowest BCUT2D eigenvalue weighted by Crippen LogP contribution is -2.22. The van der Waals surface area contributed by atoms with Crippen molar-refractivity contribution >= 4 is 40.4 Å². The Kier molecular flexibility index (Phi) is 4.59. The molecule has 0 aliphatic heterocycles. The van der Waals surface area contributed by atoms with Crippen LogP contribution in [0, 0.1) is 0 Å². The third-order valence-electron chi connectivity index (χ3n) is 2.83. The number of hydrogen-bond acceptors (Lipinski definition) is 6. The predicted octanol–water partition coefficient (Wildman–Crippen LogP) is 2.40. The molecule has 0 fully saturated rings. The molecule has 7 nitrogen and oxygen atoms in total. The van der Waals surface area contributed by atoms with Crippen molar-refractivity contribution < 1.29 is 9.21 Å². The number of halogens is 1. The maximum Gasteiger partial charge on any atom is 0.225 e. The second-order valence-electron chi connectivity index (χ2n) is 4.35. The van der Waals surface area contributed by atoms with E-state index in [0.29, 0.717) is 29.4 Å². The molecule has 3 rings (SSSR count). The third-order valence-corrected chi connectivity index (χ3v) is 3.98. The van der Waals surface area contributed by atoms with Gasteiger partial charge in [0.2, 0.25) is 11.2 Å². The predicted molar refractivity (Wildman–Crippen MR) is 82.6 cm³/mol. The number of amides is 1. The number of furan rings is 1. The Morgan fingerprint density at radius 3 is 3.18 bits per heavy atom. The van der Waals surface area contributed by atoms with Gasteiger partial charge in [-0.15, -0.1) is 11.8 Å². The zero-order valence-electron chi connectivity index (χ0n) is 11.4. The lowest BCUT2D eigenvalue weighted by atomic mass is 10.4. The lowest BCUT2D eigenvalue weighted by Gasteiger charge is -2.04. The number of carbonyl (C=O) groups excluding carboxylic acids is 1. The fourth-order valence-electron chi connectivity index (χ4n) is 1.81. The fraction of sp³-hybridized carbons (Fsp3) is 0.231. The van der Waals surface area contributed by atoms with Gasteiger partial charge in [-0.1, -0.05) is 0 Å². The number of H-pyrrole nitrogens is 1. The fourth-order valence-corrected chi connectivity index (χ4v) is 2.95. The summed E-state index contributed by atoms with van der Waals surface area (Å²) in [5.74, 6) is 1.25. The Labute approximate surface area is 134 Å². The highest BCUT2D eigenvalue weighted by Crippen LogP contribution is 2.24. The highest BCUT2D eigenvalue weighted by atomic mass is 35.5. The van der Waals surface area contributed by atoms with E-state index < -0.39 is 0 Å². The van der Waals surface area contributed by atoms with E-state index in [4.69, 9.17) is 16.0 Å². The van der Waals surface area contributed by atoms with Crippen LogP contribution >= 0.6 is 23.4 Å². The van der Waals surface area contributed by atoms with E-state index in [-0.39, 0.29) is 11.2 Å². The van der Waals surface area contributed by atoms with Crippen LogP contribution in [0.25, 0.3) is 11.2 Å². The van der Waals surface area contributed by atoms with Crippen LogP contribution < -0.4 is 5.32 Å². The first kappa shape index (κ1) is 14.9. The van der Waals surface area contributed by atoms with Gasteiger partial charge in [-0.3, -0.25) is 4.79 Å². The van der Waals surface area contributed by atoms with Crippen molar-refractivity contribution in [3.63, 3.8) is 0 Å². The van der Waals surface area contributed by atoms with Gasteiger partial charge in [0.25, 0.3) is 0 Å². The third kappa shape index (κ3) is 3.58. The molecule has 0 aliphatic rings. The number of thioether (sulfide) groups is 1. The van der Waals surface area contributed by atoms with Gasteiger partial charge in [-0.05, 0) is 23.7 Å². The Bertz CT molecular complexity index is 774. The van der Waals surface area contributed by atoms with Crippen molar-refractivity contribution in [3.8, 4) is 0 Å². The standard InChI is InChI=1S/C13H12ClN5O2S/c14-13-18-11-10(16-7-17-11)12(19-13)22-5-3-9(20)15-6-8-2-1-4-21-8/h1-2,4,7H,3,5-6H2,(H,15,20)(H,16,17,18,19). The van der Waals surface area contributed by atoms with E-state index in [1.54, 1.807) is 12.3 Å². The number of imidazole rings is 1. The van der Waals surface area contributed by atoms with Crippen LogP contribution in [-0.2, 0) is 11.3 Å². The molecule has 0 radical (unpaired) electrons. The number of hydrogen-bond donors (Lipinski definition) is 2. The summed E-state index contributed by atoms with van der Waals surface area (Å²) in [5.41, 5.74) is 1.25. The van der Waals surface area contributed by atoms with Crippen molar-refractivity contribution in [2.75, 3.05) is 5.75 Å². The van der Waals surface area contributed by atoms with E-state index in [1.807, 2.05) is 6.07 Å². The van der Waals surface area contributed by atoms with E-state index in [1.165, 1.54) is 18.1 Å². The number of fused-ring (bicyclic) bond motifs is 1. The number of nitrogens with zero attached hydrogens (tertiary/aromatic N) is 3. The summed E-state index contributed by atoms with van der Waals surface area (Å²) in [6.45, 7) is 0.390. The van der Waals surface area contributed by atoms with Crippen LogP contribution in [0.4, 0.5) is 0 Å². The van der Waals surface area contributed by atoms with Crippen molar-refractivity contribution in [1.29, 1.82) is 0 Å². The molecule has 3 aromatic heterocycles. The first-order valence-corrected chi connectivity index (χ1v) is 7.87. The highest BCUT2D eigenvalue weighted by Gasteiger charge is 2.10. The smallest absolute Gasteiger partial charge is 0.225 e. The van der Waals surface area contributed by atoms with Crippen molar-refractivity contribution in [2.45, 2.75) is 18.0 Å². The number of rotatable bonds is 6. The summed E-state index contributed by atoms with van der Waals surface area (Å²) < 4.78 is 5.15. The van der Waals surface area contributed by atoms with E-state index in [2.05, 4.69) is 25.3 Å². The largest absolute Gasteiger partial charge is 0.467 e. The molecule has 0 saturated heterocycles. The monoisotopic (exact) mass is 337 g/mol. The zero-order chi connectivity index (χ0) is 15.4. The van der Waals surface area contributed by atoms with Crippen LogP contribution in [0.2, 0.25) is 5.28 Å². The van der Waals surface area contributed by atoms with Gasteiger partial charge in [0.1, 0.15) is 16.3 Å². The average Bonchev–Trinajstić information content (AvgIpc) is 3.15. The molecule has 114 valence electrons. The van der Waals surface area contributed by atoms with Crippen molar-refractivity contribution in [2.24, 2.45) is 0 Å². The molecule has 9 heteroatoms. The minimum Gasteiger partial charge on any atom is -0.467 e. The summed E-state index contributed by atoms with van der Waals surface area (Å²) in [6, 6.07) is 3.60. The van der Waals surface area contributed by atoms with Gasteiger partial charge in [0.05, 0.1) is 19.1 Å². The molecule has 0 bridgehead atoms. The molecule has 2 N–H and O–H groups in total. The second kappa shape index (κ2) is 6.80. The number of aromatic nitrogens is 4. The molecule has 0 atom stereocenters. The second-order valence-corrected chi connectivity index (χ2v) is 5.78. The van der Waals surface area contributed by atoms with E-state index in [0.717, 1.165) is 11.3 Å². The molecule has 3 aromatic rings. The Hall–Kier alpha value is -2.06. The molecule has 0 aromatic carbocycles. The molecular weight excluding hydrogens is 326 g/mol. The molecule has 1 amide bonds. The van der Waals surface area contributed by atoms with Crippen LogP contribution in [0.15, 0.2) is 34.2 Å². The summed E-state index contributed by atoms with van der Waals surface area (Å²) in [4.78, 5) is 26.9. The molecule has 22 heavy (non-hydrogen) atoms. The summed E-state index contributed by atoms with van der Waals surface area (Å²) in [7, 11) is 0. The van der Waals surface area contributed by atoms with Crippen molar-refractivity contribution in [1.82, 2.24) is 25.3 Å². The quantitative estimate of drug-likeness (QED) is 0.407. The van der Waals surface area contributed by atoms with E-state index in [9.17, 15) is 4.79 Å². The van der Waals surface area contributed by atoms with Crippen LogP contribution in [-0.4, -0.2) is 31.6 Å². The zero-order valence-corrected chi connectivity index (χ0v) is 12.9. The van der Waals surface area contributed by atoms with Gasteiger partial charge in [-0.2, -0.15) is 4.98 Å². The molecule has 0 aliphatic carbocycles. The Morgan fingerprint density at radius 2 is 2.36 bits per heavy atom.